The van der Waals surface area contributed by atoms with Crippen LogP contribution in [0.1, 0.15) is 160 Å². The van der Waals surface area contributed by atoms with Gasteiger partial charge in [0, 0.05) is 36.3 Å². The average Bonchev–Trinajstić information content (AvgIpc) is 3.11. The molecule has 6 atom stereocenters. The summed E-state index contributed by atoms with van der Waals surface area (Å²) in [6, 6.07) is 1.02. The van der Waals surface area contributed by atoms with Crippen molar-refractivity contribution >= 4 is 18.2 Å². The summed E-state index contributed by atoms with van der Waals surface area (Å²) < 4.78 is 40.1. The highest BCUT2D eigenvalue weighted by molar-refractivity contribution is 5.79. The summed E-state index contributed by atoms with van der Waals surface area (Å²) in [6.07, 6.45) is 11.8. The van der Waals surface area contributed by atoms with Gasteiger partial charge in [-0.25, -0.2) is 9.59 Å². The second-order valence-corrected chi connectivity index (χ2v) is 20.1. The van der Waals surface area contributed by atoms with E-state index in [4.69, 9.17) is 38.9 Å². The second-order valence-electron chi connectivity index (χ2n) is 20.1. The zero-order valence-corrected chi connectivity index (χ0v) is 39.1. The topological polar surface area (TPSA) is 160 Å². The largest absolute Gasteiger partial charge is 0.468 e. The minimum absolute atomic E-state index is 0.0755. The van der Waals surface area contributed by atoms with E-state index in [0.717, 1.165) is 77.0 Å². The molecule has 2 saturated heterocycles. The Kier molecular flexibility index (Phi) is 20.2. The molecule has 2 aliphatic carbocycles. The molecule has 3 N–H and O–H groups in total. The van der Waals surface area contributed by atoms with Crippen molar-refractivity contribution in [1.82, 2.24) is 15.1 Å². The number of methoxy groups -OCH3 is 1. The number of esters is 1. The summed E-state index contributed by atoms with van der Waals surface area (Å²) in [5.74, 6) is -0.237. The summed E-state index contributed by atoms with van der Waals surface area (Å²) in [5, 5.41) is 3.42. The molecule has 0 bridgehead atoms. The van der Waals surface area contributed by atoms with Gasteiger partial charge in [0.1, 0.15) is 16.7 Å². The van der Waals surface area contributed by atoms with Crippen LogP contribution < -0.4 is 11.1 Å². The van der Waals surface area contributed by atoms with Gasteiger partial charge >= 0.3 is 18.2 Å². The van der Waals surface area contributed by atoms with Crippen LogP contribution in [-0.2, 0) is 38.0 Å². The fourth-order valence-corrected chi connectivity index (χ4v) is 8.97. The molecule has 2 heterocycles. The van der Waals surface area contributed by atoms with E-state index in [2.05, 4.69) is 33.0 Å². The van der Waals surface area contributed by atoms with Crippen LogP contribution in [0.4, 0.5) is 9.59 Å². The minimum atomic E-state index is -0.672. The lowest BCUT2D eigenvalue weighted by molar-refractivity contribution is -0.147. The molecular formula is C45H84N4O10. The lowest BCUT2D eigenvalue weighted by Gasteiger charge is -2.42. The summed E-state index contributed by atoms with van der Waals surface area (Å²) in [4.78, 5) is 40.5. The summed E-state index contributed by atoms with van der Waals surface area (Å²) in [6.45, 7) is 25.7. The number of piperidine rings is 2. The number of hydrogen-bond acceptors (Lipinski definition) is 12. The van der Waals surface area contributed by atoms with Crippen LogP contribution >= 0.6 is 0 Å². The Morgan fingerprint density at radius 3 is 1.19 bits per heavy atom. The van der Waals surface area contributed by atoms with E-state index in [1.807, 2.05) is 65.2 Å². The van der Waals surface area contributed by atoms with Crippen molar-refractivity contribution in [3.05, 3.63) is 0 Å². The number of amides is 2. The standard InChI is InChI=1S/C25H46N2O6.C20H38N2O4/c1-17-15-21(16-18(2)27(17)23(29)33-24(3,4)5)32-14-13-31-20-11-9-19(10-12-20)26-25(6,7)22(28)30-8;1-14-12-18(13-15(2)22(14)19(23)26-20(3,4)5)25-11-10-24-17-8-6-16(21)7-9-17/h17-21,26H,9-16H2,1-8H3;14-18H,6-13,21H2,1-5H3/t17-,18+,19?,20?,21?;14-,15+,16?,17?,18?. The molecule has 0 spiro atoms. The van der Waals surface area contributed by atoms with E-state index in [-0.39, 0.29) is 60.6 Å². The van der Waals surface area contributed by atoms with Crippen molar-refractivity contribution in [2.45, 2.75) is 238 Å². The Labute approximate surface area is 356 Å². The third kappa shape index (κ3) is 18.0. The number of ether oxygens (including phenoxy) is 7. The number of rotatable bonds is 13. The summed E-state index contributed by atoms with van der Waals surface area (Å²) in [7, 11) is 1.42. The molecule has 4 fully saturated rings. The quantitative estimate of drug-likeness (QED) is 0.107. The number of hydrogen-bond donors (Lipinski definition) is 2. The van der Waals surface area contributed by atoms with Crippen molar-refractivity contribution < 1.29 is 47.5 Å². The molecule has 0 aromatic carbocycles. The highest BCUT2D eigenvalue weighted by Crippen LogP contribution is 2.29. The first-order valence-electron chi connectivity index (χ1n) is 22.6. The maximum atomic E-state index is 12.5. The Morgan fingerprint density at radius 1 is 0.542 bits per heavy atom. The van der Waals surface area contributed by atoms with Crippen LogP contribution in [-0.4, -0.2) is 139 Å². The van der Waals surface area contributed by atoms with Crippen molar-refractivity contribution in [1.29, 1.82) is 0 Å². The van der Waals surface area contributed by atoms with Crippen LogP contribution in [0.25, 0.3) is 0 Å². The van der Waals surface area contributed by atoms with Crippen molar-refractivity contribution in [2.75, 3.05) is 33.5 Å². The van der Waals surface area contributed by atoms with Crippen LogP contribution in [0.3, 0.4) is 0 Å². The second kappa shape index (κ2) is 23.3. The van der Waals surface area contributed by atoms with Crippen LogP contribution in [0, 0.1) is 0 Å². The predicted octanol–water partition coefficient (Wildman–Crippen LogP) is 7.51. The Bertz CT molecular complexity index is 1250. The molecule has 2 saturated carbocycles. The third-order valence-corrected chi connectivity index (χ3v) is 11.8. The lowest BCUT2D eigenvalue weighted by Crippen LogP contribution is -2.53. The third-order valence-electron chi connectivity index (χ3n) is 11.8. The van der Waals surface area contributed by atoms with E-state index in [0.29, 0.717) is 44.6 Å². The van der Waals surface area contributed by atoms with Gasteiger partial charge in [-0.05, 0) is 160 Å². The van der Waals surface area contributed by atoms with Gasteiger partial charge in [-0.15, -0.1) is 0 Å². The van der Waals surface area contributed by atoms with Gasteiger partial charge < -0.3 is 48.7 Å². The molecule has 2 unspecified atom stereocenters. The van der Waals surface area contributed by atoms with E-state index in [1.54, 1.807) is 0 Å². The smallest absolute Gasteiger partial charge is 0.410 e. The monoisotopic (exact) mass is 841 g/mol. The highest BCUT2D eigenvalue weighted by atomic mass is 16.6. The lowest BCUT2D eigenvalue weighted by atomic mass is 9.90. The fraction of sp³-hybridized carbons (Fsp3) is 0.933. The molecule has 14 heteroatoms. The van der Waals surface area contributed by atoms with Crippen LogP contribution in [0.5, 0.6) is 0 Å². The molecule has 0 aromatic heterocycles. The highest BCUT2D eigenvalue weighted by Gasteiger charge is 2.39. The Hall–Kier alpha value is -2.23. The van der Waals surface area contributed by atoms with Gasteiger partial charge in [0.05, 0.1) is 58.0 Å². The SMILES string of the molecule is COC(=O)C(C)(C)NC1CCC(OCCOC2C[C@@H](C)N(C(=O)OC(C)(C)C)[C@@H](C)C2)CC1.C[C@@H]1CC(OCCOC2CCC(N)CC2)C[C@H](C)N1C(=O)OC(C)(C)C. The predicted molar refractivity (Wildman–Crippen MR) is 229 cm³/mol. The van der Waals surface area contributed by atoms with Gasteiger partial charge in [-0.3, -0.25) is 10.1 Å². The normalized spacial score (nSPS) is 30.8. The summed E-state index contributed by atoms with van der Waals surface area (Å²) in [5.41, 5.74) is 4.29. The molecule has 4 rings (SSSR count). The van der Waals surface area contributed by atoms with E-state index < -0.39 is 16.7 Å². The van der Waals surface area contributed by atoms with Gasteiger partial charge in [-0.2, -0.15) is 0 Å². The molecule has 0 aromatic rings. The zero-order valence-electron chi connectivity index (χ0n) is 39.1. The van der Waals surface area contributed by atoms with E-state index in [9.17, 15) is 14.4 Å². The molecule has 59 heavy (non-hydrogen) atoms. The number of nitrogens with one attached hydrogen (secondary N) is 1. The number of carbonyl (C=O) groups is 3. The van der Waals surface area contributed by atoms with Gasteiger partial charge in [0.25, 0.3) is 0 Å². The number of nitrogens with zero attached hydrogens (tertiary/aromatic N) is 2. The molecular weight excluding hydrogens is 757 g/mol. The Balaban J connectivity index is 0.000000324. The van der Waals surface area contributed by atoms with Gasteiger partial charge in [-0.1, -0.05) is 0 Å². The molecule has 2 aliphatic heterocycles. The van der Waals surface area contributed by atoms with Crippen molar-refractivity contribution in [2.24, 2.45) is 5.73 Å². The van der Waals surface area contributed by atoms with Crippen molar-refractivity contribution in [3.8, 4) is 0 Å². The number of carbonyl (C=O) groups excluding carboxylic acids is 3. The maximum Gasteiger partial charge on any atom is 0.410 e. The molecule has 4 aliphatic rings. The molecule has 0 radical (unpaired) electrons. The van der Waals surface area contributed by atoms with Gasteiger partial charge in [0.2, 0.25) is 0 Å². The molecule has 14 nitrogen and oxygen atoms in total. The average molecular weight is 841 g/mol. The van der Waals surface area contributed by atoms with Gasteiger partial charge in [0.15, 0.2) is 0 Å². The first-order valence-corrected chi connectivity index (χ1v) is 22.6. The fourth-order valence-electron chi connectivity index (χ4n) is 8.97. The van der Waals surface area contributed by atoms with Crippen LogP contribution in [0.2, 0.25) is 0 Å². The Morgan fingerprint density at radius 2 is 0.864 bits per heavy atom. The number of nitrogens with two attached hydrogens (primary N) is 1. The molecule has 2 amide bonds. The zero-order chi connectivity index (χ0) is 44.1. The van der Waals surface area contributed by atoms with E-state index in [1.165, 1.54) is 7.11 Å². The minimum Gasteiger partial charge on any atom is -0.468 e. The molecule has 344 valence electrons. The van der Waals surface area contributed by atoms with Crippen molar-refractivity contribution in [3.63, 3.8) is 0 Å². The summed E-state index contributed by atoms with van der Waals surface area (Å²) >= 11 is 0. The van der Waals surface area contributed by atoms with Crippen LogP contribution in [0.15, 0.2) is 0 Å². The number of likely N-dealkylation sites (tertiary alicyclic amines) is 2. The van der Waals surface area contributed by atoms with E-state index >= 15 is 0 Å². The first kappa shape index (κ1) is 51.1. The first-order chi connectivity index (χ1) is 27.5. The maximum absolute atomic E-state index is 12.5.